The van der Waals surface area contributed by atoms with Crippen LogP contribution in [0.25, 0.3) is 76.5 Å². The summed E-state index contributed by atoms with van der Waals surface area (Å²) in [5.41, 5.74) is 4.06. The van der Waals surface area contributed by atoms with Crippen molar-refractivity contribution < 1.29 is 20.4 Å². The van der Waals surface area contributed by atoms with Crippen molar-refractivity contribution in [1.82, 2.24) is 0 Å². The van der Waals surface area contributed by atoms with Crippen LogP contribution in [-0.4, -0.2) is 20.4 Å². The maximum absolute atomic E-state index is 12.1. The number of phenolic OH excluding ortho intramolecular Hbond substituents is 4. The monoisotopic (exact) mass is 570 g/mol. The molecule has 0 unspecified atom stereocenters. The van der Waals surface area contributed by atoms with Crippen LogP contribution in [0.5, 0.6) is 23.0 Å². The number of hydrogen-bond donors (Lipinski definition) is 4. The molecule has 0 aromatic heterocycles. The van der Waals surface area contributed by atoms with E-state index in [1.54, 1.807) is 24.3 Å². The number of phenols is 4. The molecule has 0 fully saturated rings. The Morgan fingerprint density at radius 2 is 0.705 bits per heavy atom. The number of benzene rings is 8. The van der Waals surface area contributed by atoms with E-state index in [1.807, 2.05) is 109 Å². The van der Waals surface area contributed by atoms with Crippen molar-refractivity contribution in [2.75, 3.05) is 0 Å². The van der Waals surface area contributed by atoms with Crippen LogP contribution in [0.15, 0.2) is 133 Å². The smallest absolute Gasteiger partial charge is 0.132 e. The molecule has 4 N–H and O–H groups in total. The molecular weight excluding hydrogens is 544 g/mol. The largest absolute Gasteiger partial charge is 0.508 e. The minimum absolute atomic E-state index is 0.0772. The fourth-order valence-electron chi connectivity index (χ4n) is 6.42. The number of hydrogen-bond acceptors (Lipinski definition) is 4. The van der Waals surface area contributed by atoms with Gasteiger partial charge >= 0.3 is 0 Å². The van der Waals surface area contributed by atoms with Crippen molar-refractivity contribution in [3.8, 4) is 56.4 Å². The molecule has 44 heavy (non-hydrogen) atoms. The zero-order valence-electron chi connectivity index (χ0n) is 23.5. The van der Waals surface area contributed by atoms with Gasteiger partial charge in [-0.1, -0.05) is 84.9 Å². The van der Waals surface area contributed by atoms with E-state index in [-0.39, 0.29) is 23.0 Å². The molecule has 0 bridgehead atoms. The van der Waals surface area contributed by atoms with Crippen LogP contribution in [0.2, 0.25) is 0 Å². The minimum Gasteiger partial charge on any atom is -0.508 e. The number of aromatic hydroxyl groups is 4. The second-order valence-electron chi connectivity index (χ2n) is 11.2. The molecule has 0 saturated heterocycles. The Morgan fingerprint density at radius 3 is 1.16 bits per heavy atom. The summed E-state index contributed by atoms with van der Waals surface area (Å²) in [6.45, 7) is 0. The van der Waals surface area contributed by atoms with Crippen molar-refractivity contribution in [1.29, 1.82) is 0 Å². The van der Waals surface area contributed by atoms with Crippen molar-refractivity contribution in [3.63, 3.8) is 0 Å². The SMILES string of the molecule is Oc1ccc2cc(-c3cc4ccccc4c(-c4c(O)c(-c5ccc6cc(O)ccc6c5)cc5ccccc45)c3O)ccc2c1. The summed E-state index contributed by atoms with van der Waals surface area (Å²) in [4.78, 5) is 0. The lowest BCUT2D eigenvalue weighted by atomic mass is 9.86. The molecule has 210 valence electrons. The van der Waals surface area contributed by atoms with Crippen LogP contribution in [0.3, 0.4) is 0 Å². The fourth-order valence-corrected chi connectivity index (χ4v) is 6.42. The lowest BCUT2D eigenvalue weighted by Gasteiger charge is -2.20. The minimum atomic E-state index is 0.0772. The molecule has 0 aliphatic heterocycles. The van der Waals surface area contributed by atoms with Crippen molar-refractivity contribution in [2.24, 2.45) is 0 Å². The van der Waals surface area contributed by atoms with E-state index < -0.39 is 0 Å². The van der Waals surface area contributed by atoms with E-state index in [4.69, 9.17) is 0 Å². The van der Waals surface area contributed by atoms with Gasteiger partial charge in [-0.2, -0.15) is 0 Å². The van der Waals surface area contributed by atoms with Gasteiger partial charge in [0.05, 0.1) is 0 Å². The first-order valence-electron chi connectivity index (χ1n) is 14.4. The highest BCUT2D eigenvalue weighted by Crippen LogP contribution is 2.51. The predicted octanol–water partition coefficient (Wildman–Crippen LogP) is 10.1. The molecule has 0 spiro atoms. The molecule has 0 aliphatic rings. The van der Waals surface area contributed by atoms with Gasteiger partial charge in [0.25, 0.3) is 0 Å². The van der Waals surface area contributed by atoms with Crippen molar-refractivity contribution >= 4 is 43.1 Å². The van der Waals surface area contributed by atoms with Gasteiger partial charge < -0.3 is 20.4 Å². The van der Waals surface area contributed by atoms with Gasteiger partial charge in [-0.25, -0.2) is 0 Å². The second-order valence-corrected chi connectivity index (χ2v) is 11.2. The molecule has 0 atom stereocenters. The zero-order chi connectivity index (χ0) is 29.9. The highest BCUT2D eigenvalue weighted by atomic mass is 16.3. The number of fused-ring (bicyclic) bond motifs is 4. The topological polar surface area (TPSA) is 80.9 Å². The summed E-state index contributed by atoms with van der Waals surface area (Å²) in [6, 6.07) is 42.0. The van der Waals surface area contributed by atoms with E-state index in [2.05, 4.69) is 0 Å². The Labute approximate surface area is 253 Å². The Bertz CT molecular complexity index is 2270. The summed E-state index contributed by atoms with van der Waals surface area (Å²) in [6.07, 6.45) is 0. The third kappa shape index (κ3) is 4.08. The van der Waals surface area contributed by atoms with Gasteiger partial charge in [-0.3, -0.25) is 0 Å². The average molecular weight is 571 g/mol. The molecule has 8 rings (SSSR count). The van der Waals surface area contributed by atoms with Crippen molar-refractivity contribution in [3.05, 3.63) is 133 Å². The van der Waals surface area contributed by atoms with Gasteiger partial charge in [0, 0.05) is 22.3 Å². The molecule has 0 amide bonds. The third-order valence-electron chi connectivity index (χ3n) is 8.56. The van der Waals surface area contributed by atoms with Gasteiger partial charge in [0.1, 0.15) is 23.0 Å². The molecule has 8 aromatic carbocycles. The average Bonchev–Trinajstić information content (AvgIpc) is 3.04. The Kier molecular flexibility index (Phi) is 5.71. The predicted molar refractivity (Wildman–Crippen MR) is 179 cm³/mol. The summed E-state index contributed by atoms with van der Waals surface area (Å²) < 4.78 is 0. The molecular formula is C40H26O4. The maximum atomic E-state index is 12.1. The second kappa shape index (κ2) is 9.79. The maximum Gasteiger partial charge on any atom is 0.132 e. The molecule has 0 radical (unpaired) electrons. The Balaban J connectivity index is 1.44. The lowest BCUT2D eigenvalue weighted by molar-refractivity contribution is 0.472. The van der Waals surface area contributed by atoms with Gasteiger partial charge in [-0.15, -0.1) is 0 Å². The van der Waals surface area contributed by atoms with E-state index >= 15 is 0 Å². The highest BCUT2D eigenvalue weighted by molar-refractivity contribution is 6.14. The number of rotatable bonds is 3. The first-order valence-corrected chi connectivity index (χ1v) is 14.4. The first kappa shape index (κ1) is 25.7. The van der Waals surface area contributed by atoms with Gasteiger partial charge in [-0.05, 0) is 103 Å². The highest BCUT2D eigenvalue weighted by Gasteiger charge is 2.23. The summed E-state index contributed by atoms with van der Waals surface area (Å²) in [5, 5.41) is 51.4. The van der Waals surface area contributed by atoms with Crippen LogP contribution >= 0.6 is 0 Å². The molecule has 4 heteroatoms. The summed E-state index contributed by atoms with van der Waals surface area (Å²) in [5.74, 6) is 0.558. The van der Waals surface area contributed by atoms with Crippen LogP contribution in [-0.2, 0) is 0 Å². The Hall–Kier alpha value is -6.00. The molecule has 0 saturated carbocycles. The quantitative estimate of drug-likeness (QED) is 0.170. The van der Waals surface area contributed by atoms with Crippen LogP contribution in [0, 0.1) is 0 Å². The molecule has 4 nitrogen and oxygen atoms in total. The fraction of sp³-hybridized carbons (Fsp3) is 0. The molecule has 8 aromatic rings. The van der Waals surface area contributed by atoms with Crippen LogP contribution in [0.1, 0.15) is 0 Å². The molecule has 0 aliphatic carbocycles. The normalized spacial score (nSPS) is 11.5. The van der Waals surface area contributed by atoms with E-state index in [9.17, 15) is 20.4 Å². The standard InChI is InChI=1S/C40H26O4/c41-31-15-13-23-17-29(11-9-25(23)19-31)35-21-27-5-1-3-7-33(27)37(39(35)43)38-34-8-4-2-6-28(34)22-36(40(38)44)30-12-10-26-20-32(42)16-14-24(26)18-30/h1-22,41-44H. The van der Waals surface area contributed by atoms with Gasteiger partial charge in [0.15, 0.2) is 0 Å². The summed E-state index contributed by atoms with van der Waals surface area (Å²) in [7, 11) is 0. The lowest BCUT2D eigenvalue weighted by Crippen LogP contribution is -1.92. The van der Waals surface area contributed by atoms with E-state index in [0.29, 0.717) is 22.3 Å². The van der Waals surface area contributed by atoms with Gasteiger partial charge in [0.2, 0.25) is 0 Å². The zero-order valence-corrected chi connectivity index (χ0v) is 23.5. The van der Waals surface area contributed by atoms with E-state index in [1.165, 1.54) is 0 Å². The Morgan fingerprint density at radius 1 is 0.318 bits per heavy atom. The van der Waals surface area contributed by atoms with Crippen LogP contribution < -0.4 is 0 Å². The summed E-state index contributed by atoms with van der Waals surface area (Å²) >= 11 is 0. The van der Waals surface area contributed by atoms with Crippen molar-refractivity contribution in [2.45, 2.75) is 0 Å². The van der Waals surface area contributed by atoms with Crippen LogP contribution in [0.4, 0.5) is 0 Å². The first-order chi connectivity index (χ1) is 21.4. The third-order valence-corrected chi connectivity index (χ3v) is 8.56. The molecule has 0 heterocycles. The van der Waals surface area contributed by atoms with E-state index in [0.717, 1.165) is 54.2 Å².